The Morgan fingerprint density at radius 2 is 1.50 bits per heavy atom. The lowest BCUT2D eigenvalue weighted by Gasteiger charge is -2.11. The Morgan fingerprint density at radius 1 is 0.875 bits per heavy atom. The van der Waals surface area contributed by atoms with Gasteiger partial charge in [0, 0.05) is 32.8 Å². The van der Waals surface area contributed by atoms with Gasteiger partial charge in [-0.15, -0.1) is 0 Å². The molecule has 0 rings (SSSR count). The van der Waals surface area contributed by atoms with Crippen molar-refractivity contribution < 1.29 is 19.3 Å². The summed E-state index contributed by atoms with van der Waals surface area (Å²) < 4.78 is 15.8. The van der Waals surface area contributed by atoms with Crippen LogP contribution in [0.2, 0.25) is 0 Å². The lowest BCUT2D eigenvalue weighted by molar-refractivity contribution is -0.112. The summed E-state index contributed by atoms with van der Waals surface area (Å²) in [6, 6.07) is 0. The van der Waals surface area contributed by atoms with Crippen LogP contribution in [-0.4, -0.2) is 44.4 Å². The molecule has 0 radical (unpaired) electrons. The van der Waals surface area contributed by atoms with Crippen LogP contribution in [-0.2, 0) is 14.2 Å². The zero-order valence-electron chi connectivity index (χ0n) is 10.6. The van der Waals surface area contributed by atoms with Crippen molar-refractivity contribution in [2.24, 2.45) is 0 Å². The maximum atomic E-state index is 9.33. The lowest BCUT2D eigenvalue weighted by Crippen LogP contribution is -2.15. The monoisotopic (exact) mass is 234 g/mol. The van der Waals surface area contributed by atoms with E-state index in [0.29, 0.717) is 26.2 Å². The third-order valence-electron chi connectivity index (χ3n) is 1.95. The SMILES string of the molecule is CCCOCCCOCCC(O)OCCC. The number of ether oxygens (including phenoxy) is 3. The maximum absolute atomic E-state index is 9.33. The highest BCUT2D eigenvalue weighted by Gasteiger charge is 2.02. The predicted molar refractivity (Wildman–Crippen MR) is 63.4 cm³/mol. The Morgan fingerprint density at radius 3 is 2.12 bits per heavy atom. The summed E-state index contributed by atoms with van der Waals surface area (Å²) in [7, 11) is 0. The fourth-order valence-electron chi connectivity index (χ4n) is 1.13. The van der Waals surface area contributed by atoms with Gasteiger partial charge >= 0.3 is 0 Å². The molecule has 0 aromatic rings. The smallest absolute Gasteiger partial charge is 0.156 e. The van der Waals surface area contributed by atoms with E-state index < -0.39 is 6.29 Å². The number of hydrogen-bond donors (Lipinski definition) is 1. The minimum atomic E-state index is -0.684. The Labute approximate surface area is 98.9 Å². The van der Waals surface area contributed by atoms with Crippen molar-refractivity contribution in [3.05, 3.63) is 0 Å². The van der Waals surface area contributed by atoms with Gasteiger partial charge in [0.15, 0.2) is 6.29 Å². The van der Waals surface area contributed by atoms with E-state index in [-0.39, 0.29) is 0 Å². The topological polar surface area (TPSA) is 47.9 Å². The molecular formula is C12H26O4. The fourth-order valence-corrected chi connectivity index (χ4v) is 1.13. The summed E-state index contributed by atoms with van der Waals surface area (Å²) in [5.41, 5.74) is 0. The molecule has 0 aliphatic rings. The number of hydrogen-bond acceptors (Lipinski definition) is 4. The molecule has 0 saturated heterocycles. The van der Waals surface area contributed by atoms with Gasteiger partial charge in [0.25, 0.3) is 0 Å². The molecule has 0 aromatic heterocycles. The summed E-state index contributed by atoms with van der Waals surface area (Å²) in [5.74, 6) is 0. The highest BCUT2D eigenvalue weighted by Crippen LogP contribution is 1.96. The van der Waals surface area contributed by atoms with Crippen molar-refractivity contribution in [1.82, 2.24) is 0 Å². The van der Waals surface area contributed by atoms with Crippen molar-refractivity contribution >= 4 is 0 Å². The van der Waals surface area contributed by atoms with Gasteiger partial charge in [-0.3, -0.25) is 0 Å². The van der Waals surface area contributed by atoms with Gasteiger partial charge < -0.3 is 19.3 Å². The van der Waals surface area contributed by atoms with Crippen molar-refractivity contribution in [1.29, 1.82) is 0 Å². The summed E-state index contributed by atoms with van der Waals surface area (Å²) in [5, 5.41) is 9.33. The normalized spacial score (nSPS) is 12.9. The highest BCUT2D eigenvalue weighted by molar-refractivity contribution is 4.42. The van der Waals surface area contributed by atoms with E-state index in [0.717, 1.165) is 32.5 Å². The van der Waals surface area contributed by atoms with E-state index in [4.69, 9.17) is 14.2 Å². The first-order valence-electron chi connectivity index (χ1n) is 6.26. The van der Waals surface area contributed by atoms with Gasteiger partial charge in [-0.05, 0) is 19.3 Å². The van der Waals surface area contributed by atoms with Crippen LogP contribution in [0.4, 0.5) is 0 Å². The number of rotatable bonds is 12. The fraction of sp³-hybridized carbons (Fsp3) is 1.00. The predicted octanol–water partition coefficient (Wildman–Crippen LogP) is 1.95. The third-order valence-corrected chi connectivity index (χ3v) is 1.95. The van der Waals surface area contributed by atoms with E-state index in [2.05, 4.69) is 6.92 Å². The van der Waals surface area contributed by atoms with E-state index in [1.807, 2.05) is 6.92 Å². The van der Waals surface area contributed by atoms with Crippen molar-refractivity contribution in [2.75, 3.05) is 33.0 Å². The third kappa shape index (κ3) is 11.9. The molecule has 0 aliphatic carbocycles. The Hall–Kier alpha value is -0.160. The molecule has 0 amide bonds. The second-order valence-corrected chi connectivity index (χ2v) is 3.69. The second-order valence-electron chi connectivity index (χ2n) is 3.69. The van der Waals surface area contributed by atoms with E-state index in [1.54, 1.807) is 0 Å². The first kappa shape index (κ1) is 15.8. The summed E-state index contributed by atoms with van der Waals surface area (Å²) >= 11 is 0. The van der Waals surface area contributed by atoms with Gasteiger partial charge in [-0.2, -0.15) is 0 Å². The molecule has 0 aliphatic heterocycles. The standard InChI is InChI=1S/C12H26O4/c1-3-7-14-9-5-10-15-11-6-12(13)16-8-4-2/h12-13H,3-11H2,1-2H3. The number of aliphatic hydroxyl groups excluding tert-OH is 1. The zero-order chi connectivity index (χ0) is 12.1. The van der Waals surface area contributed by atoms with Gasteiger partial charge in [-0.25, -0.2) is 0 Å². The molecule has 16 heavy (non-hydrogen) atoms. The molecule has 0 bridgehead atoms. The van der Waals surface area contributed by atoms with Gasteiger partial charge in [-0.1, -0.05) is 13.8 Å². The van der Waals surface area contributed by atoms with Crippen molar-refractivity contribution in [3.63, 3.8) is 0 Å². The van der Waals surface area contributed by atoms with E-state index in [9.17, 15) is 5.11 Å². The molecule has 0 aromatic carbocycles. The van der Waals surface area contributed by atoms with Crippen LogP contribution in [0, 0.1) is 0 Å². The Balaban J connectivity index is 3.02. The van der Waals surface area contributed by atoms with Crippen LogP contribution in [0.15, 0.2) is 0 Å². The van der Waals surface area contributed by atoms with Crippen LogP contribution >= 0.6 is 0 Å². The molecule has 1 unspecified atom stereocenters. The minimum absolute atomic E-state index is 0.538. The van der Waals surface area contributed by atoms with E-state index in [1.165, 1.54) is 0 Å². The summed E-state index contributed by atoms with van der Waals surface area (Å²) in [4.78, 5) is 0. The quantitative estimate of drug-likeness (QED) is 0.414. The largest absolute Gasteiger partial charge is 0.381 e. The average Bonchev–Trinajstić information content (AvgIpc) is 2.30. The van der Waals surface area contributed by atoms with Gasteiger partial charge in [0.05, 0.1) is 6.61 Å². The lowest BCUT2D eigenvalue weighted by atomic mass is 10.4. The molecular weight excluding hydrogens is 208 g/mol. The van der Waals surface area contributed by atoms with Gasteiger partial charge in [0.2, 0.25) is 0 Å². The molecule has 0 heterocycles. The summed E-state index contributed by atoms with van der Waals surface area (Å²) in [6.07, 6.45) is 2.74. The first-order chi connectivity index (χ1) is 7.81. The molecule has 4 heteroatoms. The molecule has 0 fully saturated rings. The molecule has 98 valence electrons. The van der Waals surface area contributed by atoms with Crippen LogP contribution in [0.5, 0.6) is 0 Å². The van der Waals surface area contributed by atoms with Crippen LogP contribution in [0.1, 0.15) is 39.5 Å². The molecule has 1 N–H and O–H groups in total. The Kier molecular flexibility index (Phi) is 12.8. The van der Waals surface area contributed by atoms with E-state index >= 15 is 0 Å². The molecule has 1 atom stereocenters. The molecule has 0 spiro atoms. The molecule has 0 saturated carbocycles. The van der Waals surface area contributed by atoms with Crippen LogP contribution < -0.4 is 0 Å². The first-order valence-corrected chi connectivity index (χ1v) is 6.26. The van der Waals surface area contributed by atoms with Crippen molar-refractivity contribution in [2.45, 2.75) is 45.8 Å². The summed E-state index contributed by atoms with van der Waals surface area (Å²) in [6.45, 7) is 7.51. The van der Waals surface area contributed by atoms with Crippen molar-refractivity contribution in [3.8, 4) is 0 Å². The highest BCUT2D eigenvalue weighted by atomic mass is 16.6. The number of aliphatic hydroxyl groups is 1. The minimum Gasteiger partial charge on any atom is -0.381 e. The Bertz CT molecular complexity index is 130. The molecule has 4 nitrogen and oxygen atoms in total. The zero-order valence-corrected chi connectivity index (χ0v) is 10.6. The second kappa shape index (κ2) is 12.9. The van der Waals surface area contributed by atoms with Crippen LogP contribution in [0.3, 0.4) is 0 Å². The average molecular weight is 234 g/mol. The van der Waals surface area contributed by atoms with Crippen LogP contribution in [0.25, 0.3) is 0 Å². The van der Waals surface area contributed by atoms with Gasteiger partial charge in [0.1, 0.15) is 0 Å². The maximum Gasteiger partial charge on any atom is 0.156 e.